The monoisotopic (exact) mass is 290 g/mol. The van der Waals surface area contributed by atoms with Gasteiger partial charge in [-0.3, -0.25) is 0 Å². The molecule has 0 aliphatic heterocycles. The van der Waals surface area contributed by atoms with Crippen molar-refractivity contribution >= 4 is 49.0 Å². The van der Waals surface area contributed by atoms with Gasteiger partial charge in [0.1, 0.15) is 5.75 Å². The van der Waals surface area contributed by atoms with Crippen molar-refractivity contribution in [3.8, 4) is 5.75 Å². The van der Waals surface area contributed by atoms with Crippen LogP contribution in [0.15, 0.2) is 22.7 Å². The Labute approximate surface area is 99.8 Å². The molecule has 4 heteroatoms. The van der Waals surface area contributed by atoms with Crippen LogP contribution >= 0.6 is 38.9 Å². The molecule has 0 N–H and O–H groups in total. The van der Waals surface area contributed by atoms with Gasteiger partial charge in [-0.05, 0) is 41.1 Å². The molecule has 0 radical (unpaired) electrons. The fraction of sp³-hybridized carbons (Fsp3) is 0.200. The minimum absolute atomic E-state index is 0.671. The number of benzene rings is 1. The maximum atomic E-state index is 5.97. The van der Waals surface area contributed by atoms with Crippen LogP contribution in [0.3, 0.4) is 0 Å². The smallest absolute Gasteiger partial charge is 0.128 e. The van der Waals surface area contributed by atoms with E-state index in [1.165, 1.54) is 0 Å². The van der Waals surface area contributed by atoms with Crippen molar-refractivity contribution in [2.45, 2.75) is 6.92 Å². The van der Waals surface area contributed by atoms with E-state index in [2.05, 4.69) is 15.9 Å². The van der Waals surface area contributed by atoms with Crippen molar-refractivity contribution in [3.05, 3.63) is 27.0 Å². The normalized spacial score (nSPS) is 10.8. The van der Waals surface area contributed by atoms with E-state index in [0.717, 1.165) is 24.6 Å². The molecule has 0 bridgehead atoms. The zero-order chi connectivity index (χ0) is 10.1. The lowest BCUT2D eigenvalue weighted by molar-refractivity contribution is 0.344. The summed E-state index contributed by atoms with van der Waals surface area (Å²) < 4.78 is 8.50. The van der Waals surface area contributed by atoms with Gasteiger partial charge in [0.25, 0.3) is 0 Å². The average molecular weight is 292 g/mol. The van der Waals surface area contributed by atoms with Crippen molar-refractivity contribution in [2.24, 2.45) is 0 Å². The first kappa shape index (κ1) is 10.3. The highest BCUT2D eigenvalue weighted by molar-refractivity contribution is 9.10. The third-order valence-electron chi connectivity index (χ3n) is 1.87. The fourth-order valence-electron chi connectivity index (χ4n) is 1.32. The molecule has 0 amide bonds. The van der Waals surface area contributed by atoms with Crippen LogP contribution in [-0.4, -0.2) is 6.61 Å². The first-order valence-corrected chi connectivity index (χ1v) is 6.21. The van der Waals surface area contributed by atoms with Crippen molar-refractivity contribution in [1.29, 1.82) is 0 Å². The molecule has 0 saturated carbocycles. The molecule has 0 saturated heterocycles. The summed E-state index contributed by atoms with van der Waals surface area (Å²) >= 11 is 11.0. The molecule has 1 nitrogen and oxygen atoms in total. The second-order valence-corrected chi connectivity index (χ2v) is 5.31. The predicted molar refractivity (Wildman–Crippen MR) is 65.7 cm³/mol. The van der Waals surface area contributed by atoms with Crippen molar-refractivity contribution in [3.63, 3.8) is 0 Å². The summed E-state index contributed by atoms with van der Waals surface area (Å²) in [5.74, 6) is 0.897. The number of thiophene rings is 1. The van der Waals surface area contributed by atoms with E-state index in [4.69, 9.17) is 16.3 Å². The summed E-state index contributed by atoms with van der Waals surface area (Å²) in [5.41, 5.74) is 0. The third kappa shape index (κ3) is 1.76. The molecular weight excluding hydrogens is 284 g/mol. The number of rotatable bonds is 2. The number of ether oxygens (including phenoxy) is 1. The minimum Gasteiger partial charge on any atom is -0.493 e. The quantitative estimate of drug-likeness (QED) is 0.778. The van der Waals surface area contributed by atoms with E-state index in [1.54, 1.807) is 11.3 Å². The Bertz CT molecular complexity index is 466. The van der Waals surface area contributed by atoms with E-state index in [1.807, 2.05) is 25.1 Å². The first-order chi connectivity index (χ1) is 6.72. The summed E-state index contributed by atoms with van der Waals surface area (Å²) in [5, 5.41) is 1.08. The van der Waals surface area contributed by atoms with Gasteiger partial charge in [0.05, 0.1) is 15.6 Å². The van der Waals surface area contributed by atoms with Crippen LogP contribution in [-0.2, 0) is 0 Å². The molecular formula is C10H8BrClOS. The summed E-state index contributed by atoms with van der Waals surface area (Å²) in [6.45, 7) is 2.64. The van der Waals surface area contributed by atoms with Crippen molar-refractivity contribution in [1.82, 2.24) is 0 Å². The number of halogens is 2. The van der Waals surface area contributed by atoms with Crippen LogP contribution in [0.25, 0.3) is 10.1 Å². The molecule has 14 heavy (non-hydrogen) atoms. The Morgan fingerprint density at radius 1 is 1.50 bits per heavy atom. The second kappa shape index (κ2) is 4.09. The van der Waals surface area contributed by atoms with Gasteiger partial charge < -0.3 is 4.74 Å². The van der Waals surface area contributed by atoms with Crippen LogP contribution in [0, 0.1) is 0 Å². The Kier molecular flexibility index (Phi) is 3.00. The molecule has 0 fully saturated rings. The van der Waals surface area contributed by atoms with Gasteiger partial charge >= 0.3 is 0 Å². The van der Waals surface area contributed by atoms with Crippen molar-refractivity contribution < 1.29 is 4.74 Å². The molecule has 1 aromatic carbocycles. The van der Waals surface area contributed by atoms with Crippen molar-refractivity contribution in [2.75, 3.05) is 6.61 Å². The molecule has 0 spiro atoms. The van der Waals surface area contributed by atoms with Gasteiger partial charge in [0.2, 0.25) is 0 Å². The molecule has 0 aliphatic carbocycles. The second-order valence-electron chi connectivity index (χ2n) is 2.77. The molecule has 74 valence electrons. The van der Waals surface area contributed by atoms with Crippen LogP contribution in [0.5, 0.6) is 5.75 Å². The summed E-state index contributed by atoms with van der Waals surface area (Å²) in [7, 11) is 0. The predicted octanol–water partition coefficient (Wildman–Crippen LogP) is 4.72. The molecule has 1 heterocycles. The van der Waals surface area contributed by atoms with E-state index < -0.39 is 0 Å². The minimum atomic E-state index is 0.671. The van der Waals surface area contributed by atoms with Gasteiger partial charge in [-0.1, -0.05) is 11.6 Å². The van der Waals surface area contributed by atoms with Crippen LogP contribution in [0.4, 0.5) is 0 Å². The lowest BCUT2D eigenvalue weighted by Crippen LogP contribution is -1.91. The topological polar surface area (TPSA) is 9.23 Å². The highest BCUT2D eigenvalue weighted by Gasteiger charge is 2.08. The Balaban J connectivity index is 2.68. The highest BCUT2D eigenvalue weighted by Crippen LogP contribution is 2.39. The highest BCUT2D eigenvalue weighted by atomic mass is 79.9. The van der Waals surface area contributed by atoms with Gasteiger partial charge in [0.15, 0.2) is 0 Å². The molecule has 2 aromatic rings. The largest absolute Gasteiger partial charge is 0.493 e. The third-order valence-corrected chi connectivity index (χ3v) is 4.09. The zero-order valence-corrected chi connectivity index (χ0v) is 10.7. The average Bonchev–Trinajstić information content (AvgIpc) is 2.53. The Hall–Kier alpha value is -0.250. The standard InChI is InChI=1S/C10H8BrClOS/c1-2-13-8-4-3-7(11)10-6(8)5-9(12)14-10/h3-5H,2H2,1H3. The number of hydrogen-bond donors (Lipinski definition) is 0. The fourth-order valence-corrected chi connectivity index (χ4v) is 3.05. The van der Waals surface area contributed by atoms with E-state index in [-0.39, 0.29) is 0 Å². The number of fused-ring (bicyclic) bond motifs is 1. The van der Waals surface area contributed by atoms with Crippen LogP contribution in [0.2, 0.25) is 4.34 Å². The molecule has 1 aromatic heterocycles. The van der Waals surface area contributed by atoms with Gasteiger partial charge in [-0.25, -0.2) is 0 Å². The lowest BCUT2D eigenvalue weighted by atomic mass is 10.2. The maximum Gasteiger partial charge on any atom is 0.128 e. The number of hydrogen-bond acceptors (Lipinski definition) is 2. The first-order valence-electron chi connectivity index (χ1n) is 4.22. The molecule has 0 unspecified atom stereocenters. The van der Waals surface area contributed by atoms with Gasteiger partial charge in [0, 0.05) is 9.86 Å². The Morgan fingerprint density at radius 2 is 2.29 bits per heavy atom. The summed E-state index contributed by atoms with van der Waals surface area (Å²) in [6, 6.07) is 5.89. The molecule has 0 aliphatic rings. The lowest BCUT2D eigenvalue weighted by Gasteiger charge is -2.04. The van der Waals surface area contributed by atoms with E-state index in [0.29, 0.717) is 6.61 Å². The van der Waals surface area contributed by atoms with Crippen LogP contribution in [0.1, 0.15) is 6.92 Å². The van der Waals surface area contributed by atoms with E-state index >= 15 is 0 Å². The van der Waals surface area contributed by atoms with E-state index in [9.17, 15) is 0 Å². The zero-order valence-electron chi connectivity index (χ0n) is 7.51. The van der Waals surface area contributed by atoms with Gasteiger partial charge in [-0.2, -0.15) is 0 Å². The maximum absolute atomic E-state index is 5.97. The summed E-state index contributed by atoms with van der Waals surface area (Å²) in [4.78, 5) is 0. The molecule has 2 rings (SSSR count). The molecule has 0 atom stereocenters. The van der Waals surface area contributed by atoms with Gasteiger partial charge in [-0.15, -0.1) is 11.3 Å². The SMILES string of the molecule is CCOc1ccc(Br)c2sc(Cl)cc12. The van der Waals surface area contributed by atoms with Crippen LogP contribution < -0.4 is 4.74 Å². The Morgan fingerprint density at radius 3 is 3.00 bits per heavy atom. The summed E-state index contributed by atoms with van der Waals surface area (Å²) in [6.07, 6.45) is 0.